The topological polar surface area (TPSA) is 55.8 Å². The number of carbonyl (C=O) groups excluding carboxylic acids is 2. The molecule has 1 heterocycles. The molecular formula is C19H35NO4. The van der Waals surface area contributed by atoms with Gasteiger partial charge in [-0.3, -0.25) is 14.5 Å². The maximum Gasteiger partial charge on any atom is 0.307 e. The summed E-state index contributed by atoms with van der Waals surface area (Å²) in [6.45, 7) is 7.02. The van der Waals surface area contributed by atoms with Gasteiger partial charge < -0.3 is 9.47 Å². The Kier molecular flexibility index (Phi) is 11.7. The summed E-state index contributed by atoms with van der Waals surface area (Å²) < 4.78 is 10.7. The molecule has 1 unspecified atom stereocenters. The monoisotopic (exact) mass is 341 g/mol. The Hall–Kier alpha value is -0.940. The molecule has 0 aromatic heterocycles. The first-order chi connectivity index (χ1) is 11.6. The molecule has 1 saturated heterocycles. The zero-order valence-electron chi connectivity index (χ0n) is 15.6. The Bertz CT molecular complexity index is 353. The van der Waals surface area contributed by atoms with Crippen LogP contribution in [0.5, 0.6) is 0 Å². The standard InChI is InChI=1S/C19H35NO4/c1-3-4-5-6-7-10-13-23-14-15-24-19(22)16-18(17(2)21)20-11-8-9-12-20/h18H,3-16H2,1-2H3. The van der Waals surface area contributed by atoms with Gasteiger partial charge in [0.15, 0.2) is 0 Å². The second kappa shape index (κ2) is 13.4. The third-order valence-corrected chi connectivity index (χ3v) is 4.54. The van der Waals surface area contributed by atoms with E-state index in [-0.39, 0.29) is 30.8 Å². The minimum absolute atomic E-state index is 0.0492. The Morgan fingerprint density at radius 2 is 1.62 bits per heavy atom. The maximum atomic E-state index is 11.9. The Labute approximate surface area is 147 Å². The van der Waals surface area contributed by atoms with Crippen molar-refractivity contribution in [2.24, 2.45) is 0 Å². The summed E-state index contributed by atoms with van der Waals surface area (Å²) in [7, 11) is 0. The van der Waals surface area contributed by atoms with Crippen LogP contribution in [0.3, 0.4) is 0 Å². The number of ether oxygens (including phenoxy) is 2. The molecule has 140 valence electrons. The van der Waals surface area contributed by atoms with E-state index in [1.54, 1.807) is 6.92 Å². The number of rotatable bonds is 14. The molecule has 0 spiro atoms. The highest BCUT2D eigenvalue weighted by molar-refractivity contribution is 5.86. The SMILES string of the molecule is CCCCCCCCOCCOC(=O)CC(C(C)=O)N1CCCC1. The van der Waals surface area contributed by atoms with E-state index in [1.165, 1.54) is 32.1 Å². The lowest BCUT2D eigenvalue weighted by molar-refractivity contribution is -0.148. The van der Waals surface area contributed by atoms with Crippen LogP contribution in [0, 0.1) is 0 Å². The molecule has 1 aliphatic heterocycles. The average molecular weight is 341 g/mol. The van der Waals surface area contributed by atoms with Crippen LogP contribution in [-0.2, 0) is 19.1 Å². The van der Waals surface area contributed by atoms with Crippen molar-refractivity contribution in [2.45, 2.75) is 77.7 Å². The van der Waals surface area contributed by atoms with Crippen molar-refractivity contribution >= 4 is 11.8 Å². The van der Waals surface area contributed by atoms with E-state index >= 15 is 0 Å². The summed E-state index contributed by atoms with van der Waals surface area (Å²) in [5.74, 6) is -0.251. The Morgan fingerprint density at radius 1 is 0.958 bits per heavy atom. The Morgan fingerprint density at radius 3 is 2.29 bits per heavy atom. The van der Waals surface area contributed by atoms with E-state index in [0.717, 1.165) is 39.0 Å². The third kappa shape index (κ3) is 9.38. The van der Waals surface area contributed by atoms with Gasteiger partial charge in [-0.25, -0.2) is 0 Å². The maximum absolute atomic E-state index is 11.9. The largest absolute Gasteiger partial charge is 0.463 e. The minimum atomic E-state index is -0.316. The predicted octanol–water partition coefficient (Wildman–Crippen LogP) is 3.35. The highest BCUT2D eigenvalue weighted by atomic mass is 16.6. The van der Waals surface area contributed by atoms with E-state index in [2.05, 4.69) is 11.8 Å². The summed E-state index contributed by atoms with van der Waals surface area (Å²) in [6.07, 6.45) is 9.80. The molecule has 24 heavy (non-hydrogen) atoms. The molecule has 0 aromatic carbocycles. The van der Waals surface area contributed by atoms with Gasteiger partial charge in [0.25, 0.3) is 0 Å². The first kappa shape index (κ1) is 21.1. The lowest BCUT2D eigenvalue weighted by Gasteiger charge is -2.24. The smallest absolute Gasteiger partial charge is 0.307 e. The number of ketones is 1. The van der Waals surface area contributed by atoms with Gasteiger partial charge in [0.05, 0.1) is 19.1 Å². The normalized spacial score (nSPS) is 16.2. The molecule has 0 aromatic rings. The van der Waals surface area contributed by atoms with Crippen LogP contribution in [0.1, 0.15) is 71.6 Å². The van der Waals surface area contributed by atoms with Crippen LogP contribution < -0.4 is 0 Å². The highest BCUT2D eigenvalue weighted by Crippen LogP contribution is 2.15. The van der Waals surface area contributed by atoms with E-state index < -0.39 is 0 Å². The van der Waals surface area contributed by atoms with Crippen molar-refractivity contribution < 1.29 is 19.1 Å². The van der Waals surface area contributed by atoms with Crippen LogP contribution >= 0.6 is 0 Å². The zero-order valence-corrected chi connectivity index (χ0v) is 15.6. The summed E-state index contributed by atoms with van der Waals surface area (Å²) >= 11 is 0. The lowest BCUT2D eigenvalue weighted by Crippen LogP contribution is -2.40. The zero-order chi connectivity index (χ0) is 17.6. The molecule has 0 bridgehead atoms. The quantitative estimate of drug-likeness (QED) is 0.358. The van der Waals surface area contributed by atoms with Crippen LogP contribution in [0.2, 0.25) is 0 Å². The van der Waals surface area contributed by atoms with E-state index in [1.807, 2.05) is 0 Å². The fourth-order valence-electron chi connectivity index (χ4n) is 3.10. The summed E-state index contributed by atoms with van der Waals surface area (Å²) in [5, 5.41) is 0. The second-order valence-electron chi connectivity index (χ2n) is 6.67. The fraction of sp³-hybridized carbons (Fsp3) is 0.895. The molecule has 0 saturated carbocycles. The fourth-order valence-corrected chi connectivity index (χ4v) is 3.10. The number of likely N-dealkylation sites (tertiary alicyclic amines) is 1. The Balaban J connectivity index is 2.01. The van der Waals surface area contributed by atoms with Gasteiger partial charge in [-0.2, -0.15) is 0 Å². The summed E-state index contributed by atoms with van der Waals surface area (Å²) in [6, 6.07) is -0.316. The van der Waals surface area contributed by atoms with Crippen molar-refractivity contribution in [2.75, 3.05) is 32.9 Å². The molecule has 1 rings (SSSR count). The first-order valence-electron chi connectivity index (χ1n) is 9.63. The van der Waals surface area contributed by atoms with Crippen molar-refractivity contribution in [1.29, 1.82) is 0 Å². The van der Waals surface area contributed by atoms with Gasteiger partial charge >= 0.3 is 5.97 Å². The van der Waals surface area contributed by atoms with Crippen LogP contribution in [0.4, 0.5) is 0 Å². The van der Waals surface area contributed by atoms with Crippen molar-refractivity contribution in [3.63, 3.8) is 0 Å². The van der Waals surface area contributed by atoms with Gasteiger partial charge in [-0.15, -0.1) is 0 Å². The molecule has 5 nitrogen and oxygen atoms in total. The molecule has 0 N–H and O–H groups in total. The molecule has 0 radical (unpaired) electrons. The van der Waals surface area contributed by atoms with Crippen molar-refractivity contribution in [3.05, 3.63) is 0 Å². The first-order valence-corrected chi connectivity index (χ1v) is 9.63. The minimum Gasteiger partial charge on any atom is -0.463 e. The van der Waals surface area contributed by atoms with E-state index in [9.17, 15) is 9.59 Å². The van der Waals surface area contributed by atoms with Gasteiger partial charge in [-0.05, 0) is 39.3 Å². The number of esters is 1. The molecular weight excluding hydrogens is 306 g/mol. The van der Waals surface area contributed by atoms with E-state index in [4.69, 9.17) is 9.47 Å². The number of hydrogen-bond donors (Lipinski definition) is 0. The number of unbranched alkanes of at least 4 members (excludes halogenated alkanes) is 5. The van der Waals surface area contributed by atoms with Gasteiger partial charge in [0.2, 0.25) is 0 Å². The van der Waals surface area contributed by atoms with E-state index in [0.29, 0.717) is 6.61 Å². The van der Waals surface area contributed by atoms with Crippen LogP contribution in [-0.4, -0.2) is 55.6 Å². The molecule has 1 aliphatic rings. The van der Waals surface area contributed by atoms with Gasteiger partial charge in [0.1, 0.15) is 12.4 Å². The second-order valence-corrected chi connectivity index (χ2v) is 6.67. The molecule has 1 fully saturated rings. The number of hydrogen-bond acceptors (Lipinski definition) is 5. The van der Waals surface area contributed by atoms with Crippen LogP contribution in [0.15, 0.2) is 0 Å². The highest BCUT2D eigenvalue weighted by Gasteiger charge is 2.28. The average Bonchev–Trinajstić information content (AvgIpc) is 3.08. The number of Topliss-reactive ketones (excluding diaryl/α,β-unsaturated/α-hetero) is 1. The lowest BCUT2D eigenvalue weighted by atomic mass is 10.1. The summed E-state index contributed by atoms with van der Waals surface area (Å²) in [5.41, 5.74) is 0. The van der Waals surface area contributed by atoms with Crippen molar-refractivity contribution in [1.82, 2.24) is 4.90 Å². The van der Waals surface area contributed by atoms with Crippen LogP contribution in [0.25, 0.3) is 0 Å². The van der Waals surface area contributed by atoms with Gasteiger partial charge in [-0.1, -0.05) is 39.0 Å². The predicted molar refractivity (Wildman–Crippen MR) is 95.0 cm³/mol. The van der Waals surface area contributed by atoms with Crippen molar-refractivity contribution in [3.8, 4) is 0 Å². The molecule has 5 heteroatoms. The molecule has 1 atom stereocenters. The summed E-state index contributed by atoms with van der Waals surface area (Å²) in [4.78, 5) is 25.7. The third-order valence-electron chi connectivity index (χ3n) is 4.54. The number of carbonyl (C=O) groups is 2. The van der Waals surface area contributed by atoms with Gasteiger partial charge in [0, 0.05) is 6.61 Å². The number of nitrogens with zero attached hydrogens (tertiary/aromatic N) is 1. The molecule has 0 amide bonds. The molecule has 0 aliphatic carbocycles.